The van der Waals surface area contributed by atoms with E-state index in [1.54, 1.807) is 4.72 Å². The van der Waals surface area contributed by atoms with Crippen molar-refractivity contribution in [2.75, 3.05) is 0 Å². The molecule has 116 valence electrons. The second kappa shape index (κ2) is 5.53. The van der Waals surface area contributed by atoms with Crippen LogP contribution in [0.15, 0.2) is 11.4 Å². The topological polar surface area (TPSA) is 64.0 Å². The second-order valence-electron chi connectivity index (χ2n) is 4.34. The molecule has 1 aromatic rings. The van der Waals surface area contributed by atoms with Crippen molar-refractivity contribution in [3.05, 3.63) is 11.5 Å². The van der Waals surface area contributed by atoms with Crippen LogP contribution in [0.1, 0.15) is 26.7 Å². The van der Waals surface area contributed by atoms with Crippen molar-refractivity contribution in [1.29, 1.82) is 0 Å². The molecule has 0 bridgehead atoms. The summed E-state index contributed by atoms with van der Waals surface area (Å²) in [5, 5.41) is -0.863. The van der Waals surface area contributed by atoms with Crippen molar-refractivity contribution in [1.82, 2.24) is 14.3 Å². The van der Waals surface area contributed by atoms with Gasteiger partial charge in [-0.25, -0.2) is 13.4 Å². The molecule has 0 fully saturated rings. The Labute approximate surface area is 120 Å². The number of nitrogens with zero attached hydrogens (tertiary/aromatic N) is 2. The predicted molar refractivity (Wildman–Crippen MR) is 67.9 cm³/mol. The molecule has 1 aromatic heterocycles. The predicted octanol–water partition coefficient (Wildman–Crippen LogP) is 2.47. The van der Waals surface area contributed by atoms with E-state index in [9.17, 15) is 21.6 Å². The third-order valence-electron chi connectivity index (χ3n) is 3.17. The minimum atomic E-state index is -4.72. The molecule has 0 spiro atoms. The summed E-state index contributed by atoms with van der Waals surface area (Å²) in [5.41, 5.74) is -2.54. The average Bonchev–Trinajstić information content (AvgIpc) is 2.66. The molecule has 0 amide bonds. The Balaban J connectivity index is 3.27. The van der Waals surface area contributed by atoms with E-state index in [0.717, 1.165) is 6.33 Å². The number of nitrogens with one attached hydrogen (secondary N) is 1. The first kappa shape index (κ1) is 17.3. The van der Waals surface area contributed by atoms with E-state index in [4.69, 9.17) is 11.6 Å². The molecule has 5 nitrogen and oxygen atoms in total. The summed E-state index contributed by atoms with van der Waals surface area (Å²) < 4.78 is 66.5. The normalized spacial score (nSPS) is 13.8. The van der Waals surface area contributed by atoms with Crippen LogP contribution in [0.3, 0.4) is 0 Å². The van der Waals surface area contributed by atoms with Crippen molar-refractivity contribution in [2.24, 2.45) is 7.05 Å². The molecule has 0 unspecified atom stereocenters. The first-order chi connectivity index (χ1) is 9.00. The van der Waals surface area contributed by atoms with Gasteiger partial charge in [-0.05, 0) is 12.8 Å². The summed E-state index contributed by atoms with van der Waals surface area (Å²) in [5.74, 6) is 0. The Hall–Kier alpha value is -0.800. The van der Waals surface area contributed by atoms with Crippen LogP contribution in [0, 0.1) is 0 Å². The van der Waals surface area contributed by atoms with Crippen molar-refractivity contribution in [3.8, 4) is 0 Å². The molecule has 0 aliphatic rings. The van der Waals surface area contributed by atoms with E-state index in [0.29, 0.717) is 0 Å². The lowest BCUT2D eigenvalue weighted by atomic mass is 9.94. The van der Waals surface area contributed by atoms with Crippen molar-refractivity contribution in [2.45, 2.75) is 43.4 Å². The number of hydrogen-bond donors (Lipinski definition) is 1. The van der Waals surface area contributed by atoms with Crippen LogP contribution < -0.4 is 4.72 Å². The number of aryl methyl sites for hydroxylation is 1. The highest BCUT2D eigenvalue weighted by molar-refractivity contribution is 7.89. The first-order valence-electron chi connectivity index (χ1n) is 5.78. The lowest BCUT2D eigenvalue weighted by Crippen LogP contribution is -2.57. The van der Waals surface area contributed by atoms with Gasteiger partial charge in [-0.15, -0.1) is 0 Å². The smallest absolute Gasteiger partial charge is 0.324 e. The third-order valence-corrected chi connectivity index (χ3v) is 5.19. The van der Waals surface area contributed by atoms with Gasteiger partial charge < -0.3 is 4.57 Å². The zero-order valence-electron chi connectivity index (χ0n) is 11.1. The lowest BCUT2D eigenvalue weighted by Gasteiger charge is -2.34. The fourth-order valence-electron chi connectivity index (χ4n) is 1.73. The quantitative estimate of drug-likeness (QED) is 0.900. The summed E-state index contributed by atoms with van der Waals surface area (Å²) in [6, 6.07) is 0. The van der Waals surface area contributed by atoms with Gasteiger partial charge in [0, 0.05) is 7.05 Å². The summed E-state index contributed by atoms with van der Waals surface area (Å²) in [4.78, 5) is 3.54. The average molecular weight is 334 g/mol. The number of aromatic nitrogens is 2. The molecule has 1 heterocycles. The molecule has 0 aliphatic heterocycles. The van der Waals surface area contributed by atoms with E-state index >= 15 is 0 Å². The Bertz CT molecular complexity index is 579. The van der Waals surface area contributed by atoms with E-state index in [1.807, 2.05) is 0 Å². The fraction of sp³-hybridized carbons (Fsp3) is 0.700. The standard InChI is InChI=1S/C10H15ClF3N3O2S/c1-4-9(5-2,10(12,13)14)16-20(18,19)8-7(11)17(3)6-15-8/h6,16H,4-5H2,1-3H3. The number of alkyl halides is 3. The largest absolute Gasteiger partial charge is 0.407 e. The SMILES string of the molecule is CCC(CC)(NS(=O)(=O)c1ncn(C)c1Cl)C(F)(F)F. The maximum Gasteiger partial charge on any atom is 0.407 e. The van der Waals surface area contributed by atoms with Gasteiger partial charge in [0.05, 0.1) is 6.33 Å². The Morgan fingerprint density at radius 2 is 1.85 bits per heavy atom. The van der Waals surface area contributed by atoms with Crippen LogP contribution >= 0.6 is 11.6 Å². The van der Waals surface area contributed by atoms with Gasteiger partial charge in [0.2, 0.25) is 5.03 Å². The van der Waals surface area contributed by atoms with Gasteiger partial charge in [0.25, 0.3) is 10.0 Å². The molecule has 1 rings (SSSR count). The molecule has 0 aliphatic carbocycles. The summed E-state index contributed by atoms with van der Waals surface area (Å²) in [7, 11) is -3.03. The maximum absolute atomic E-state index is 13.1. The number of imidazole rings is 1. The van der Waals surface area contributed by atoms with Crippen LogP contribution in [0.5, 0.6) is 0 Å². The van der Waals surface area contributed by atoms with Crippen LogP contribution in [0.2, 0.25) is 5.15 Å². The van der Waals surface area contributed by atoms with Crippen molar-refractivity contribution >= 4 is 21.6 Å². The highest BCUT2D eigenvalue weighted by Gasteiger charge is 2.54. The molecule has 0 saturated heterocycles. The number of rotatable bonds is 5. The zero-order chi connectivity index (χ0) is 15.8. The van der Waals surface area contributed by atoms with Gasteiger partial charge in [0.15, 0.2) is 0 Å². The lowest BCUT2D eigenvalue weighted by molar-refractivity contribution is -0.192. The molecule has 1 N–H and O–H groups in total. The molecule has 0 radical (unpaired) electrons. The van der Waals surface area contributed by atoms with Gasteiger partial charge in [0.1, 0.15) is 10.7 Å². The number of sulfonamides is 1. The first-order valence-corrected chi connectivity index (χ1v) is 7.64. The van der Waals surface area contributed by atoms with E-state index in [2.05, 4.69) is 4.98 Å². The van der Waals surface area contributed by atoms with Crippen molar-refractivity contribution in [3.63, 3.8) is 0 Å². The molecule has 0 atom stereocenters. The number of halogens is 4. The third kappa shape index (κ3) is 2.94. The van der Waals surface area contributed by atoms with Crippen molar-refractivity contribution < 1.29 is 21.6 Å². The molecule has 20 heavy (non-hydrogen) atoms. The maximum atomic E-state index is 13.1. The van der Waals surface area contributed by atoms with E-state index in [1.165, 1.54) is 25.5 Å². The second-order valence-corrected chi connectivity index (χ2v) is 6.30. The highest BCUT2D eigenvalue weighted by atomic mass is 35.5. The zero-order valence-corrected chi connectivity index (χ0v) is 12.7. The Morgan fingerprint density at radius 1 is 1.35 bits per heavy atom. The number of hydrogen-bond acceptors (Lipinski definition) is 3. The van der Waals surface area contributed by atoms with Gasteiger partial charge in [-0.3, -0.25) is 0 Å². The van der Waals surface area contributed by atoms with Gasteiger partial charge in [-0.1, -0.05) is 25.4 Å². The highest BCUT2D eigenvalue weighted by Crippen LogP contribution is 2.37. The molecule has 10 heteroatoms. The minimum absolute atomic E-state index is 0.249. The molecular weight excluding hydrogens is 319 g/mol. The summed E-state index contributed by atoms with van der Waals surface area (Å²) in [6.45, 7) is 2.53. The summed E-state index contributed by atoms with van der Waals surface area (Å²) in [6.07, 6.45) is -4.47. The van der Waals surface area contributed by atoms with Crippen LogP contribution in [0.25, 0.3) is 0 Å². The van der Waals surface area contributed by atoms with E-state index < -0.39 is 39.6 Å². The molecule has 0 aromatic carbocycles. The monoisotopic (exact) mass is 333 g/mol. The van der Waals surface area contributed by atoms with E-state index in [-0.39, 0.29) is 5.15 Å². The Morgan fingerprint density at radius 3 is 2.15 bits per heavy atom. The van der Waals surface area contributed by atoms with Gasteiger partial charge >= 0.3 is 6.18 Å². The van der Waals surface area contributed by atoms with Crippen LogP contribution in [-0.2, 0) is 17.1 Å². The fourth-order valence-corrected chi connectivity index (χ4v) is 3.70. The molecule has 0 saturated carbocycles. The van der Waals surface area contributed by atoms with Crippen LogP contribution in [-0.4, -0.2) is 29.7 Å². The summed E-state index contributed by atoms with van der Waals surface area (Å²) >= 11 is 5.72. The van der Waals surface area contributed by atoms with Crippen LogP contribution in [0.4, 0.5) is 13.2 Å². The minimum Gasteiger partial charge on any atom is -0.324 e. The van der Waals surface area contributed by atoms with Gasteiger partial charge in [-0.2, -0.15) is 17.9 Å². The Kier molecular flexibility index (Phi) is 4.77. The molecular formula is C10H15ClF3N3O2S.